The van der Waals surface area contributed by atoms with E-state index in [1.54, 1.807) is 0 Å². The molecule has 0 saturated carbocycles. The minimum absolute atomic E-state index is 0.0967. The van der Waals surface area contributed by atoms with Crippen molar-refractivity contribution in [3.05, 3.63) is 12.2 Å². The molecule has 9 heavy (non-hydrogen) atoms. The monoisotopic (exact) mass is 144 g/mol. The highest BCUT2D eigenvalue weighted by Gasteiger charge is 2.19. The Morgan fingerprint density at radius 2 is 2.00 bits per heavy atom. The number of thiol groups is 1. The standard InChI is InChI=1S/C7H12OS/c1-4-5-7(2,3)6(8)9/h4-5H,1-3H3,(H,8,9)/b5-4+. The predicted molar refractivity (Wildman–Crippen MR) is 42.6 cm³/mol. The fourth-order valence-corrected chi connectivity index (χ4v) is 0.562. The van der Waals surface area contributed by atoms with Gasteiger partial charge in [-0.15, -0.1) is 12.6 Å². The van der Waals surface area contributed by atoms with E-state index in [0.717, 1.165) is 0 Å². The summed E-state index contributed by atoms with van der Waals surface area (Å²) in [5.41, 5.74) is -0.405. The Hall–Kier alpha value is -0.240. The van der Waals surface area contributed by atoms with Gasteiger partial charge in [0, 0.05) is 0 Å². The van der Waals surface area contributed by atoms with E-state index in [0.29, 0.717) is 0 Å². The van der Waals surface area contributed by atoms with Crippen molar-refractivity contribution in [1.29, 1.82) is 0 Å². The van der Waals surface area contributed by atoms with Gasteiger partial charge in [0.2, 0.25) is 0 Å². The Morgan fingerprint density at radius 1 is 1.56 bits per heavy atom. The summed E-state index contributed by atoms with van der Waals surface area (Å²) < 4.78 is 0. The number of hydrogen-bond acceptors (Lipinski definition) is 1. The van der Waals surface area contributed by atoms with Gasteiger partial charge in [-0.05, 0) is 20.8 Å². The van der Waals surface area contributed by atoms with Crippen molar-refractivity contribution in [1.82, 2.24) is 0 Å². The molecule has 0 aliphatic heterocycles. The average molecular weight is 144 g/mol. The molecule has 0 bridgehead atoms. The maximum absolute atomic E-state index is 10.7. The van der Waals surface area contributed by atoms with E-state index in [9.17, 15) is 4.79 Å². The van der Waals surface area contributed by atoms with Crippen molar-refractivity contribution in [2.24, 2.45) is 5.41 Å². The molecule has 0 atom stereocenters. The van der Waals surface area contributed by atoms with Crippen LogP contribution in [0.3, 0.4) is 0 Å². The number of rotatable bonds is 2. The third-order valence-corrected chi connectivity index (χ3v) is 1.71. The molecule has 0 spiro atoms. The molecular formula is C7H12OS. The Balaban J connectivity index is 4.19. The van der Waals surface area contributed by atoms with Crippen molar-refractivity contribution >= 4 is 17.7 Å². The summed E-state index contributed by atoms with van der Waals surface area (Å²) in [4.78, 5) is 10.7. The van der Waals surface area contributed by atoms with Gasteiger partial charge in [-0.25, -0.2) is 0 Å². The molecule has 0 aromatic rings. The van der Waals surface area contributed by atoms with Crippen LogP contribution in [0.2, 0.25) is 0 Å². The van der Waals surface area contributed by atoms with Crippen molar-refractivity contribution < 1.29 is 4.79 Å². The zero-order valence-electron chi connectivity index (χ0n) is 6.01. The van der Waals surface area contributed by atoms with Gasteiger partial charge in [-0.1, -0.05) is 12.2 Å². The quantitative estimate of drug-likeness (QED) is 0.463. The van der Waals surface area contributed by atoms with E-state index in [1.165, 1.54) is 0 Å². The molecule has 0 heterocycles. The highest BCUT2D eigenvalue weighted by molar-refractivity contribution is 7.96. The van der Waals surface area contributed by atoms with Crippen LogP contribution in [0.5, 0.6) is 0 Å². The summed E-state index contributed by atoms with van der Waals surface area (Å²) in [6.45, 7) is 5.56. The van der Waals surface area contributed by atoms with E-state index in [2.05, 4.69) is 12.6 Å². The lowest BCUT2D eigenvalue weighted by atomic mass is 9.95. The van der Waals surface area contributed by atoms with Crippen molar-refractivity contribution in [3.63, 3.8) is 0 Å². The van der Waals surface area contributed by atoms with Gasteiger partial charge < -0.3 is 0 Å². The van der Waals surface area contributed by atoms with Crippen molar-refractivity contribution in [3.8, 4) is 0 Å². The summed E-state index contributed by atoms with van der Waals surface area (Å²) in [5.74, 6) is 0. The summed E-state index contributed by atoms with van der Waals surface area (Å²) in [6.07, 6.45) is 3.69. The molecule has 0 aliphatic carbocycles. The summed E-state index contributed by atoms with van der Waals surface area (Å²) >= 11 is 3.72. The molecular weight excluding hydrogens is 132 g/mol. The minimum atomic E-state index is -0.405. The third kappa shape index (κ3) is 2.70. The topological polar surface area (TPSA) is 17.1 Å². The van der Waals surface area contributed by atoms with Crippen LogP contribution in [0.25, 0.3) is 0 Å². The Labute approximate surface area is 61.6 Å². The van der Waals surface area contributed by atoms with Gasteiger partial charge in [0.1, 0.15) is 0 Å². The first-order valence-electron chi connectivity index (χ1n) is 2.88. The maximum atomic E-state index is 10.7. The molecule has 0 radical (unpaired) electrons. The number of allylic oxidation sites excluding steroid dienone is 2. The van der Waals surface area contributed by atoms with Crippen molar-refractivity contribution in [2.45, 2.75) is 20.8 Å². The molecule has 0 saturated heterocycles. The lowest BCUT2D eigenvalue weighted by Crippen LogP contribution is -2.15. The van der Waals surface area contributed by atoms with Gasteiger partial charge in [-0.2, -0.15) is 0 Å². The van der Waals surface area contributed by atoms with Crippen LogP contribution in [0.15, 0.2) is 12.2 Å². The molecule has 0 amide bonds. The van der Waals surface area contributed by atoms with Crippen LogP contribution in [-0.2, 0) is 4.79 Å². The van der Waals surface area contributed by atoms with Crippen LogP contribution in [-0.4, -0.2) is 5.12 Å². The first-order chi connectivity index (χ1) is 4.00. The summed E-state index contributed by atoms with van der Waals surface area (Å²) in [5, 5.41) is -0.0967. The predicted octanol–water partition coefficient (Wildman–Crippen LogP) is 2.05. The molecule has 0 aromatic carbocycles. The second-order valence-electron chi connectivity index (χ2n) is 2.53. The molecule has 2 heteroatoms. The lowest BCUT2D eigenvalue weighted by Gasteiger charge is -2.13. The minimum Gasteiger partial charge on any atom is -0.287 e. The molecule has 0 unspecified atom stereocenters. The van der Waals surface area contributed by atoms with E-state index >= 15 is 0 Å². The first kappa shape index (κ1) is 8.76. The molecule has 1 nitrogen and oxygen atoms in total. The van der Waals surface area contributed by atoms with Crippen LogP contribution in [0, 0.1) is 5.41 Å². The van der Waals surface area contributed by atoms with Gasteiger partial charge in [0.05, 0.1) is 5.41 Å². The summed E-state index contributed by atoms with van der Waals surface area (Å²) in [7, 11) is 0. The fraction of sp³-hybridized carbons (Fsp3) is 0.571. The molecule has 0 aliphatic rings. The van der Waals surface area contributed by atoms with Gasteiger partial charge in [-0.3, -0.25) is 4.79 Å². The second kappa shape index (κ2) is 3.06. The molecule has 0 N–H and O–H groups in total. The van der Waals surface area contributed by atoms with Crippen molar-refractivity contribution in [2.75, 3.05) is 0 Å². The Bertz CT molecular complexity index is 136. The van der Waals surface area contributed by atoms with Gasteiger partial charge >= 0.3 is 0 Å². The maximum Gasteiger partial charge on any atom is 0.195 e. The van der Waals surface area contributed by atoms with Gasteiger partial charge in [0.25, 0.3) is 0 Å². The van der Waals surface area contributed by atoms with E-state index in [4.69, 9.17) is 0 Å². The zero-order valence-corrected chi connectivity index (χ0v) is 6.90. The van der Waals surface area contributed by atoms with E-state index in [-0.39, 0.29) is 5.12 Å². The largest absolute Gasteiger partial charge is 0.287 e. The molecule has 52 valence electrons. The first-order valence-corrected chi connectivity index (χ1v) is 3.32. The normalized spacial score (nSPS) is 12.4. The smallest absolute Gasteiger partial charge is 0.195 e. The zero-order chi connectivity index (χ0) is 7.49. The Morgan fingerprint density at radius 3 is 2.11 bits per heavy atom. The van der Waals surface area contributed by atoms with Crippen LogP contribution in [0.4, 0.5) is 0 Å². The second-order valence-corrected chi connectivity index (χ2v) is 2.93. The fourth-order valence-electron chi connectivity index (χ4n) is 0.488. The van der Waals surface area contributed by atoms with Crippen LogP contribution in [0.1, 0.15) is 20.8 Å². The van der Waals surface area contributed by atoms with E-state index in [1.807, 2.05) is 32.9 Å². The lowest BCUT2D eigenvalue weighted by molar-refractivity contribution is -0.116. The van der Waals surface area contributed by atoms with Crippen LogP contribution < -0.4 is 0 Å². The molecule has 0 aromatic heterocycles. The SMILES string of the molecule is C/C=C/C(C)(C)C(=O)S. The highest BCUT2D eigenvalue weighted by atomic mass is 32.1. The average Bonchev–Trinajstić information content (AvgIpc) is 1.65. The van der Waals surface area contributed by atoms with E-state index < -0.39 is 5.41 Å². The molecule has 0 fully saturated rings. The summed E-state index contributed by atoms with van der Waals surface area (Å²) in [6, 6.07) is 0. The number of hydrogen-bond donors (Lipinski definition) is 1. The number of carbonyl (C=O) groups is 1. The van der Waals surface area contributed by atoms with Crippen LogP contribution >= 0.6 is 12.6 Å². The third-order valence-electron chi connectivity index (χ3n) is 1.13. The number of carbonyl (C=O) groups excluding carboxylic acids is 1. The highest BCUT2D eigenvalue weighted by Crippen LogP contribution is 2.19. The Kier molecular flexibility index (Phi) is 2.98. The molecule has 0 rings (SSSR count). The van der Waals surface area contributed by atoms with Gasteiger partial charge in [0.15, 0.2) is 5.12 Å².